The Kier molecular flexibility index (Phi) is 3.76. The number of carbonyl (C=O) groups is 1. The molecule has 2 aromatic rings. The predicted molar refractivity (Wildman–Crippen MR) is 66.3 cm³/mol. The number of carbonyl (C=O) groups excluding carboxylic acids is 1. The van der Waals surface area contributed by atoms with Crippen LogP contribution in [0.4, 0.5) is 14.9 Å². The molecule has 0 aliphatic rings. The van der Waals surface area contributed by atoms with Gasteiger partial charge in [0.25, 0.3) is 0 Å². The monoisotopic (exact) mass is 246 g/mol. The second-order valence-electron chi connectivity index (χ2n) is 3.45. The van der Waals surface area contributed by atoms with Crippen LogP contribution < -0.4 is 10.6 Å². The number of nitrogens with one attached hydrogen (secondary N) is 2. The lowest BCUT2D eigenvalue weighted by atomic mass is 10.3. The number of furan rings is 1. The number of hydrogen-bond donors (Lipinski definition) is 2. The van der Waals surface area contributed by atoms with Crippen LogP contribution in [-0.4, -0.2) is 6.03 Å². The third kappa shape index (κ3) is 3.48. The van der Waals surface area contributed by atoms with E-state index in [2.05, 4.69) is 10.6 Å². The van der Waals surface area contributed by atoms with Gasteiger partial charge in [0, 0.05) is 11.9 Å². The van der Waals surface area contributed by atoms with Gasteiger partial charge in [-0.2, -0.15) is 0 Å². The molecule has 18 heavy (non-hydrogen) atoms. The van der Waals surface area contributed by atoms with Crippen molar-refractivity contribution in [2.75, 3.05) is 5.32 Å². The first-order valence-corrected chi connectivity index (χ1v) is 5.27. The van der Waals surface area contributed by atoms with Crippen molar-refractivity contribution in [3.05, 3.63) is 60.4 Å². The minimum absolute atomic E-state index is 0.348. The largest absolute Gasteiger partial charge is 0.465 e. The summed E-state index contributed by atoms with van der Waals surface area (Å²) in [6, 6.07) is 8.59. The molecule has 4 nitrogen and oxygen atoms in total. The summed E-state index contributed by atoms with van der Waals surface area (Å²) in [5, 5.41) is 5.05. The van der Waals surface area contributed by atoms with Crippen LogP contribution in [0.2, 0.25) is 0 Å². The first kappa shape index (κ1) is 11.9. The lowest BCUT2D eigenvalue weighted by Gasteiger charge is -2.03. The van der Waals surface area contributed by atoms with Gasteiger partial charge in [0.1, 0.15) is 11.6 Å². The molecular weight excluding hydrogens is 235 g/mol. The molecule has 0 atom stereocenters. The summed E-state index contributed by atoms with van der Waals surface area (Å²) in [7, 11) is 0. The Hall–Kier alpha value is -2.56. The first-order valence-electron chi connectivity index (χ1n) is 5.27. The van der Waals surface area contributed by atoms with Crippen molar-refractivity contribution >= 4 is 17.8 Å². The fourth-order valence-corrected chi connectivity index (χ4v) is 1.29. The summed E-state index contributed by atoms with van der Waals surface area (Å²) in [4.78, 5) is 11.4. The number of rotatable bonds is 3. The quantitative estimate of drug-likeness (QED) is 0.873. The van der Waals surface area contributed by atoms with Gasteiger partial charge >= 0.3 is 6.03 Å². The maximum Gasteiger partial charge on any atom is 0.323 e. The van der Waals surface area contributed by atoms with Crippen LogP contribution in [0.25, 0.3) is 6.08 Å². The second-order valence-corrected chi connectivity index (χ2v) is 3.45. The van der Waals surface area contributed by atoms with E-state index in [1.807, 2.05) is 0 Å². The normalized spacial score (nSPS) is 10.5. The summed E-state index contributed by atoms with van der Waals surface area (Å²) in [5.74, 6) is 0.288. The van der Waals surface area contributed by atoms with Crippen molar-refractivity contribution in [1.82, 2.24) is 5.32 Å². The Morgan fingerprint density at radius 1 is 1.22 bits per heavy atom. The maximum atomic E-state index is 12.6. The number of anilines is 1. The van der Waals surface area contributed by atoms with Gasteiger partial charge in [-0.25, -0.2) is 9.18 Å². The topological polar surface area (TPSA) is 54.3 Å². The van der Waals surface area contributed by atoms with Crippen molar-refractivity contribution < 1.29 is 13.6 Å². The summed E-state index contributed by atoms with van der Waals surface area (Å²) >= 11 is 0. The van der Waals surface area contributed by atoms with E-state index in [4.69, 9.17) is 4.42 Å². The SMILES string of the molecule is O=C(NC=Cc1ccco1)Nc1ccc(F)cc1. The molecule has 2 rings (SSSR count). The summed E-state index contributed by atoms with van der Waals surface area (Å²) < 4.78 is 17.7. The zero-order chi connectivity index (χ0) is 12.8. The lowest BCUT2D eigenvalue weighted by molar-refractivity contribution is 0.255. The van der Waals surface area contributed by atoms with E-state index in [0.717, 1.165) is 0 Å². The third-order valence-electron chi connectivity index (χ3n) is 2.11. The Balaban J connectivity index is 1.84. The first-order chi connectivity index (χ1) is 8.74. The minimum Gasteiger partial charge on any atom is -0.465 e. The van der Waals surface area contributed by atoms with Crippen LogP contribution in [0.15, 0.2) is 53.3 Å². The Labute approximate surface area is 103 Å². The second kappa shape index (κ2) is 5.67. The maximum absolute atomic E-state index is 12.6. The van der Waals surface area contributed by atoms with Crippen LogP contribution in [0.5, 0.6) is 0 Å². The van der Waals surface area contributed by atoms with E-state index in [1.165, 1.54) is 36.7 Å². The number of halogens is 1. The van der Waals surface area contributed by atoms with Crippen LogP contribution in [0.1, 0.15) is 5.76 Å². The Morgan fingerprint density at radius 3 is 2.67 bits per heavy atom. The minimum atomic E-state index is -0.413. The molecule has 1 aromatic carbocycles. The van der Waals surface area contributed by atoms with Crippen molar-refractivity contribution in [1.29, 1.82) is 0 Å². The van der Waals surface area contributed by atoms with Crippen LogP contribution in [0.3, 0.4) is 0 Å². The molecule has 92 valence electrons. The molecule has 2 amide bonds. The smallest absolute Gasteiger partial charge is 0.323 e. The highest BCUT2D eigenvalue weighted by molar-refractivity contribution is 5.90. The lowest BCUT2D eigenvalue weighted by Crippen LogP contribution is -2.23. The molecule has 0 saturated carbocycles. The van der Waals surface area contributed by atoms with Crippen molar-refractivity contribution in [3.8, 4) is 0 Å². The van der Waals surface area contributed by atoms with Gasteiger partial charge in [-0.15, -0.1) is 0 Å². The van der Waals surface area contributed by atoms with E-state index in [9.17, 15) is 9.18 Å². The van der Waals surface area contributed by atoms with Gasteiger partial charge in [-0.3, -0.25) is 0 Å². The number of amides is 2. The van der Waals surface area contributed by atoms with E-state index in [-0.39, 0.29) is 5.82 Å². The van der Waals surface area contributed by atoms with E-state index < -0.39 is 6.03 Å². The fraction of sp³-hybridized carbons (Fsp3) is 0. The van der Waals surface area contributed by atoms with Gasteiger partial charge in [0.2, 0.25) is 0 Å². The van der Waals surface area contributed by atoms with Crippen molar-refractivity contribution in [2.24, 2.45) is 0 Å². The molecule has 0 spiro atoms. The van der Waals surface area contributed by atoms with Crippen LogP contribution in [-0.2, 0) is 0 Å². The molecule has 1 heterocycles. The standard InChI is InChI=1S/C13H11FN2O2/c14-10-3-5-11(6-4-10)16-13(17)15-8-7-12-2-1-9-18-12/h1-9H,(H2,15,16,17). The van der Waals surface area contributed by atoms with Crippen LogP contribution in [0, 0.1) is 5.82 Å². The summed E-state index contributed by atoms with van der Waals surface area (Å²) in [6.07, 6.45) is 4.61. The average Bonchev–Trinajstić information content (AvgIpc) is 2.85. The molecule has 0 radical (unpaired) electrons. The number of urea groups is 1. The van der Waals surface area contributed by atoms with Crippen molar-refractivity contribution in [2.45, 2.75) is 0 Å². The molecular formula is C13H11FN2O2. The zero-order valence-electron chi connectivity index (χ0n) is 9.39. The van der Waals surface area contributed by atoms with E-state index in [0.29, 0.717) is 11.4 Å². The van der Waals surface area contributed by atoms with Gasteiger partial charge in [0.05, 0.1) is 6.26 Å². The predicted octanol–water partition coefficient (Wildman–Crippen LogP) is 3.21. The molecule has 0 aliphatic carbocycles. The molecule has 0 aliphatic heterocycles. The average molecular weight is 246 g/mol. The van der Waals surface area contributed by atoms with Crippen molar-refractivity contribution in [3.63, 3.8) is 0 Å². The Morgan fingerprint density at radius 2 is 2.00 bits per heavy atom. The van der Waals surface area contributed by atoms with Gasteiger partial charge in [-0.1, -0.05) is 0 Å². The molecule has 2 N–H and O–H groups in total. The summed E-state index contributed by atoms with van der Waals surface area (Å²) in [6.45, 7) is 0. The zero-order valence-corrected chi connectivity index (χ0v) is 9.39. The van der Waals surface area contributed by atoms with Gasteiger partial charge < -0.3 is 15.1 Å². The van der Waals surface area contributed by atoms with Crippen LogP contribution >= 0.6 is 0 Å². The molecule has 0 unspecified atom stereocenters. The highest BCUT2D eigenvalue weighted by Gasteiger charge is 1.99. The van der Waals surface area contributed by atoms with E-state index >= 15 is 0 Å². The molecule has 5 heteroatoms. The van der Waals surface area contributed by atoms with E-state index in [1.54, 1.807) is 18.2 Å². The molecule has 1 aromatic heterocycles. The third-order valence-corrected chi connectivity index (χ3v) is 2.11. The number of hydrogen-bond acceptors (Lipinski definition) is 2. The number of benzene rings is 1. The fourth-order valence-electron chi connectivity index (χ4n) is 1.29. The van der Waals surface area contributed by atoms with Gasteiger partial charge in [0.15, 0.2) is 0 Å². The highest BCUT2D eigenvalue weighted by Crippen LogP contribution is 2.07. The molecule has 0 saturated heterocycles. The molecule has 0 bridgehead atoms. The highest BCUT2D eigenvalue weighted by atomic mass is 19.1. The Bertz CT molecular complexity index is 533. The van der Waals surface area contributed by atoms with Gasteiger partial charge in [-0.05, 0) is 42.5 Å². The summed E-state index contributed by atoms with van der Waals surface area (Å²) in [5.41, 5.74) is 0.514. The molecule has 0 fully saturated rings.